The normalized spacial score (nSPS) is 13.3. The molecule has 1 atom stereocenters. The third-order valence-electron chi connectivity index (χ3n) is 2.60. The fourth-order valence-electron chi connectivity index (χ4n) is 1.53. The van der Waals surface area contributed by atoms with E-state index in [-0.39, 0.29) is 31.0 Å². The Morgan fingerprint density at radius 1 is 1.33 bits per heavy atom. The number of rotatable bonds is 5. The maximum absolute atomic E-state index is 12.5. The van der Waals surface area contributed by atoms with Gasteiger partial charge in [-0.05, 0) is 19.1 Å². The summed E-state index contributed by atoms with van der Waals surface area (Å²) in [6, 6.07) is 6.31. The van der Waals surface area contributed by atoms with Crippen LogP contribution in [0.2, 0.25) is 4.34 Å². The highest BCUT2D eigenvalue weighted by Gasteiger charge is 2.26. The molecule has 1 aromatic carbocycles. The molecule has 114 valence electrons. The molecule has 1 N–H and O–H groups in total. The highest BCUT2D eigenvalue weighted by atomic mass is 35.5. The van der Waals surface area contributed by atoms with Crippen LogP contribution in [0.4, 0.5) is 0 Å². The molecule has 0 fully saturated rings. The van der Waals surface area contributed by atoms with Gasteiger partial charge in [-0.3, -0.25) is 4.21 Å². The summed E-state index contributed by atoms with van der Waals surface area (Å²) in [6.07, 6.45) is 0. The van der Waals surface area contributed by atoms with Crippen molar-refractivity contribution in [3.63, 3.8) is 0 Å². The molecule has 0 bridgehead atoms. The molecule has 21 heavy (non-hydrogen) atoms. The minimum Gasteiger partial charge on any atom is -0.395 e. The van der Waals surface area contributed by atoms with Crippen molar-refractivity contribution in [1.29, 1.82) is 0 Å². The number of benzene rings is 1. The van der Waals surface area contributed by atoms with Crippen LogP contribution >= 0.6 is 22.9 Å². The first kappa shape index (κ1) is 16.6. The highest BCUT2D eigenvalue weighted by molar-refractivity contribution is 7.92. The van der Waals surface area contributed by atoms with E-state index in [4.69, 9.17) is 16.7 Å². The summed E-state index contributed by atoms with van der Waals surface area (Å²) < 4.78 is 36.8. The van der Waals surface area contributed by atoms with E-state index >= 15 is 0 Å². The maximum Gasteiger partial charge on any atom is 0.226 e. The molecule has 5 nitrogen and oxygen atoms in total. The van der Waals surface area contributed by atoms with Crippen LogP contribution in [-0.2, 0) is 20.6 Å². The summed E-state index contributed by atoms with van der Waals surface area (Å²) >= 11 is 6.79. The van der Waals surface area contributed by atoms with E-state index in [1.807, 2.05) is 6.92 Å². The molecule has 2 rings (SSSR count). The number of halogens is 1. The second kappa shape index (κ2) is 6.53. The highest BCUT2D eigenvalue weighted by Crippen LogP contribution is 2.33. The zero-order chi connectivity index (χ0) is 15.6. The van der Waals surface area contributed by atoms with Gasteiger partial charge in [0.1, 0.15) is 4.34 Å². The lowest BCUT2D eigenvalue weighted by Gasteiger charge is -2.02. The van der Waals surface area contributed by atoms with E-state index in [1.54, 1.807) is 12.1 Å². The zero-order valence-corrected chi connectivity index (χ0v) is 14.2. The van der Waals surface area contributed by atoms with Crippen molar-refractivity contribution in [3.8, 4) is 0 Å². The third-order valence-corrected chi connectivity index (χ3v) is 7.42. The van der Waals surface area contributed by atoms with Crippen LogP contribution in [0.5, 0.6) is 0 Å². The molecule has 1 unspecified atom stereocenters. The van der Waals surface area contributed by atoms with Gasteiger partial charge in [0.05, 0.1) is 28.1 Å². The van der Waals surface area contributed by atoms with Crippen molar-refractivity contribution in [2.24, 2.45) is 0 Å². The summed E-state index contributed by atoms with van der Waals surface area (Å²) in [4.78, 5) is 3.97. The van der Waals surface area contributed by atoms with Gasteiger partial charge in [0.2, 0.25) is 9.84 Å². The first-order valence-electron chi connectivity index (χ1n) is 5.83. The Balaban J connectivity index is 2.46. The first-order chi connectivity index (χ1) is 9.86. The largest absolute Gasteiger partial charge is 0.395 e. The van der Waals surface area contributed by atoms with Crippen LogP contribution in [0.25, 0.3) is 0 Å². The number of aliphatic hydroxyl groups excluding tert-OH is 1. The van der Waals surface area contributed by atoms with Crippen molar-refractivity contribution in [3.05, 3.63) is 34.2 Å². The van der Waals surface area contributed by atoms with Gasteiger partial charge in [0.25, 0.3) is 0 Å². The maximum atomic E-state index is 12.5. The van der Waals surface area contributed by atoms with Crippen LogP contribution in [0, 0.1) is 6.92 Å². The van der Waals surface area contributed by atoms with E-state index in [1.165, 1.54) is 12.1 Å². The van der Waals surface area contributed by atoms with Crippen LogP contribution in [-0.4, -0.2) is 35.1 Å². The Labute approximate surface area is 134 Å². The third kappa shape index (κ3) is 3.51. The molecule has 0 aliphatic heterocycles. The summed E-state index contributed by atoms with van der Waals surface area (Å²) in [7, 11) is -5.40. The lowest BCUT2D eigenvalue weighted by molar-refractivity contribution is 0.321. The molecule has 1 aromatic heterocycles. The molecule has 0 aliphatic rings. The van der Waals surface area contributed by atoms with Crippen LogP contribution in [0.1, 0.15) is 5.56 Å². The summed E-state index contributed by atoms with van der Waals surface area (Å²) in [5.41, 5.74) is 0.933. The zero-order valence-electron chi connectivity index (χ0n) is 10.9. The van der Waals surface area contributed by atoms with Gasteiger partial charge in [0, 0.05) is 0 Å². The van der Waals surface area contributed by atoms with Gasteiger partial charge >= 0.3 is 0 Å². The number of hydrogen-bond donors (Lipinski definition) is 1. The second-order valence-electron chi connectivity index (χ2n) is 4.15. The van der Waals surface area contributed by atoms with Gasteiger partial charge in [-0.2, -0.15) is 0 Å². The average Bonchev–Trinajstić information content (AvgIpc) is 2.82. The topological polar surface area (TPSA) is 84.3 Å². The standard InChI is InChI=1S/C12H12ClNO4S3/c1-8-2-4-9(5-3-8)21(17,18)11-10(13)19-12(14-11)20(16)7-6-15/h2-5,15H,6-7H2,1H3. The van der Waals surface area contributed by atoms with E-state index < -0.39 is 20.6 Å². The van der Waals surface area contributed by atoms with Crippen molar-refractivity contribution in [2.75, 3.05) is 12.4 Å². The van der Waals surface area contributed by atoms with Crippen LogP contribution in [0.3, 0.4) is 0 Å². The van der Waals surface area contributed by atoms with E-state index in [0.717, 1.165) is 16.9 Å². The second-order valence-corrected chi connectivity index (χ2v) is 9.36. The molecule has 0 saturated heterocycles. The van der Waals surface area contributed by atoms with Crippen molar-refractivity contribution < 1.29 is 17.7 Å². The minimum atomic E-state index is -3.84. The average molecular weight is 366 g/mol. The Morgan fingerprint density at radius 3 is 2.52 bits per heavy atom. The van der Waals surface area contributed by atoms with Crippen LogP contribution < -0.4 is 0 Å². The molecule has 0 radical (unpaired) electrons. The smallest absolute Gasteiger partial charge is 0.226 e. The lowest BCUT2D eigenvalue weighted by Crippen LogP contribution is -2.05. The molecule has 0 amide bonds. The summed E-state index contributed by atoms with van der Waals surface area (Å²) in [5.74, 6) is -0.00609. The van der Waals surface area contributed by atoms with Crippen molar-refractivity contribution in [2.45, 2.75) is 21.2 Å². The number of aromatic nitrogens is 1. The van der Waals surface area contributed by atoms with Crippen molar-refractivity contribution >= 4 is 43.6 Å². The fourth-order valence-corrected chi connectivity index (χ4v) is 5.77. The molecule has 0 aliphatic carbocycles. The number of hydrogen-bond acceptors (Lipinski definition) is 6. The Bertz CT molecular complexity index is 768. The van der Waals surface area contributed by atoms with Gasteiger partial charge in [-0.25, -0.2) is 13.4 Å². The first-order valence-corrected chi connectivity index (χ1v) is 9.83. The molecular formula is C12H12ClNO4S3. The molecular weight excluding hydrogens is 354 g/mol. The van der Waals surface area contributed by atoms with Crippen molar-refractivity contribution in [1.82, 2.24) is 4.98 Å². The predicted octanol–water partition coefficient (Wildman–Crippen LogP) is 2.04. The molecule has 2 aromatic rings. The minimum absolute atomic E-state index is 0.00609. The molecule has 1 heterocycles. The molecule has 0 spiro atoms. The number of aliphatic hydroxyl groups is 1. The lowest BCUT2D eigenvalue weighted by atomic mass is 10.2. The quantitative estimate of drug-likeness (QED) is 0.876. The van der Waals surface area contributed by atoms with E-state index in [2.05, 4.69) is 4.98 Å². The molecule has 9 heteroatoms. The Kier molecular flexibility index (Phi) is 5.15. The predicted molar refractivity (Wildman–Crippen MR) is 82.1 cm³/mol. The van der Waals surface area contributed by atoms with E-state index in [9.17, 15) is 12.6 Å². The number of nitrogens with zero attached hydrogens (tertiary/aromatic N) is 1. The number of thiazole rings is 1. The number of sulfone groups is 1. The Morgan fingerprint density at radius 2 is 1.95 bits per heavy atom. The van der Waals surface area contributed by atoms with Gasteiger partial charge in [0.15, 0.2) is 9.37 Å². The van der Waals surface area contributed by atoms with E-state index in [0.29, 0.717) is 0 Å². The van der Waals surface area contributed by atoms with Crippen LogP contribution in [0.15, 0.2) is 38.5 Å². The Hall–Kier alpha value is -0.800. The van der Waals surface area contributed by atoms with Gasteiger partial charge < -0.3 is 5.11 Å². The monoisotopic (exact) mass is 365 g/mol. The summed E-state index contributed by atoms with van der Waals surface area (Å²) in [5, 5.41) is 8.48. The summed E-state index contributed by atoms with van der Waals surface area (Å²) in [6.45, 7) is 1.58. The fraction of sp³-hybridized carbons (Fsp3) is 0.250. The molecule has 0 saturated carbocycles. The SMILES string of the molecule is Cc1ccc(S(=O)(=O)c2nc(S(=O)CCO)sc2Cl)cc1. The van der Waals surface area contributed by atoms with Gasteiger partial charge in [-0.15, -0.1) is 0 Å². The van der Waals surface area contributed by atoms with Gasteiger partial charge in [-0.1, -0.05) is 40.6 Å². The number of aryl methyl sites for hydroxylation is 1.